The molecule has 166 valence electrons. The molecule has 1 aliphatic carbocycles. The highest BCUT2D eigenvalue weighted by Gasteiger charge is 2.24. The van der Waals surface area contributed by atoms with E-state index in [1.807, 2.05) is 6.92 Å². The van der Waals surface area contributed by atoms with E-state index in [0.29, 0.717) is 0 Å². The van der Waals surface area contributed by atoms with E-state index >= 15 is 0 Å². The molecule has 1 aromatic carbocycles. The molecule has 4 rings (SSSR count). The van der Waals surface area contributed by atoms with Crippen molar-refractivity contribution >= 4 is 15.9 Å². The summed E-state index contributed by atoms with van der Waals surface area (Å²) < 4.78 is 6.91. The minimum atomic E-state index is 0.724. The number of ether oxygens (including phenoxy) is 1. The summed E-state index contributed by atoms with van der Waals surface area (Å²) in [5, 5.41) is 3.72. The predicted octanol–water partition coefficient (Wildman–Crippen LogP) is 5.18. The van der Waals surface area contributed by atoms with Crippen LogP contribution in [0.25, 0.3) is 0 Å². The van der Waals surface area contributed by atoms with Gasteiger partial charge in [0.25, 0.3) is 0 Å². The van der Waals surface area contributed by atoms with Gasteiger partial charge in [-0.25, -0.2) is 0 Å². The molecule has 0 aromatic heterocycles. The molecule has 1 saturated heterocycles. The van der Waals surface area contributed by atoms with Crippen molar-refractivity contribution in [1.29, 1.82) is 0 Å². The summed E-state index contributed by atoms with van der Waals surface area (Å²) in [6.07, 6.45) is 13.2. The number of nitrogens with zero attached hydrogens (tertiary/aromatic N) is 2. The van der Waals surface area contributed by atoms with E-state index < -0.39 is 0 Å². The van der Waals surface area contributed by atoms with E-state index in [4.69, 9.17) is 4.74 Å². The van der Waals surface area contributed by atoms with Crippen LogP contribution in [0.4, 0.5) is 0 Å². The second-order valence-corrected chi connectivity index (χ2v) is 10.1. The van der Waals surface area contributed by atoms with Crippen molar-refractivity contribution in [2.75, 3.05) is 39.5 Å². The highest BCUT2D eigenvalue weighted by Crippen LogP contribution is 2.29. The topological polar surface area (TPSA) is 27.7 Å². The minimum Gasteiger partial charge on any atom is -0.494 e. The van der Waals surface area contributed by atoms with Gasteiger partial charge < -0.3 is 10.1 Å². The van der Waals surface area contributed by atoms with Crippen LogP contribution < -0.4 is 10.1 Å². The molecule has 0 bridgehead atoms. The lowest BCUT2D eigenvalue weighted by molar-refractivity contribution is 0.148. The van der Waals surface area contributed by atoms with Crippen LogP contribution in [-0.2, 0) is 6.42 Å². The van der Waals surface area contributed by atoms with E-state index in [-0.39, 0.29) is 0 Å². The Morgan fingerprint density at radius 1 is 1.10 bits per heavy atom. The number of hydrogen-bond acceptors (Lipinski definition) is 4. The SMILES string of the molecule is CCOc1ccc(Br)c(CC2CCN(CC3=CCN(C4CCCCC4)CN3)CC2)c1. The van der Waals surface area contributed by atoms with E-state index in [0.717, 1.165) is 50.5 Å². The number of hydrogen-bond donors (Lipinski definition) is 1. The van der Waals surface area contributed by atoms with E-state index in [9.17, 15) is 0 Å². The normalized spacial score (nSPS) is 22.5. The Kier molecular flexibility index (Phi) is 8.14. The maximum absolute atomic E-state index is 5.69. The third kappa shape index (κ3) is 6.02. The summed E-state index contributed by atoms with van der Waals surface area (Å²) in [6, 6.07) is 7.21. The number of halogens is 1. The summed E-state index contributed by atoms with van der Waals surface area (Å²) >= 11 is 3.73. The van der Waals surface area contributed by atoms with Crippen molar-refractivity contribution in [1.82, 2.24) is 15.1 Å². The highest BCUT2D eigenvalue weighted by atomic mass is 79.9. The summed E-state index contributed by atoms with van der Waals surface area (Å²) in [7, 11) is 0. The zero-order valence-corrected chi connectivity index (χ0v) is 20.1. The summed E-state index contributed by atoms with van der Waals surface area (Å²) in [6.45, 7) is 8.44. The molecule has 0 unspecified atom stereocenters. The third-order valence-electron chi connectivity index (χ3n) is 7.11. The van der Waals surface area contributed by atoms with Gasteiger partial charge in [0.2, 0.25) is 0 Å². The van der Waals surface area contributed by atoms with E-state index in [1.54, 1.807) is 0 Å². The molecule has 4 nitrogen and oxygen atoms in total. The van der Waals surface area contributed by atoms with Gasteiger partial charge in [0.1, 0.15) is 5.75 Å². The fourth-order valence-corrected chi connectivity index (χ4v) is 5.69. The fraction of sp³-hybridized carbons (Fsp3) is 0.680. The molecule has 0 radical (unpaired) electrons. The first kappa shape index (κ1) is 22.2. The summed E-state index contributed by atoms with van der Waals surface area (Å²) in [4.78, 5) is 5.28. The summed E-state index contributed by atoms with van der Waals surface area (Å²) in [5.41, 5.74) is 2.83. The van der Waals surface area contributed by atoms with Gasteiger partial charge in [-0.15, -0.1) is 0 Å². The van der Waals surface area contributed by atoms with Crippen molar-refractivity contribution in [3.63, 3.8) is 0 Å². The lowest BCUT2D eigenvalue weighted by atomic mass is 9.90. The molecule has 1 saturated carbocycles. The lowest BCUT2D eigenvalue weighted by Gasteiger charge is -2.38. The molecule has 0 amide bonds. The zero-order valence-electron chi connectivity index (χ0n) is 18.5. The average Bonchev–Trinajstić information content (AvgIpc) is 2.79. The van der Waals surface area contributed by atoms with Gasteiger partial charge in [-0.2, -0.15) is 0 Å². The van der Waals surface area contributed by atoms with Crippen molar-refractivity contribution in [2.24, 2.45) is 5.92 Å². The van der Waals surface area contributed by atoms with Gasteiger partial charge in [0.05, 0.1) is 13.3 Å². The Balaban J connectivity index is 1.21. The van der Waals surface area contributed by atoms with Crippen LogP contribution in [0, 0.1) is 5.92 Å². The van der Waals surface area contributed by atoms with Gasteiger partial charge in [-0.3, -0.25) is 9.80 Å². The Morgan fingerprint density at radius 2 is 1.90 bits per heavy atom. The van der Waals surface area contributed by atoms with E-state index in [2.05, 4.69) is 55.3 Å². The van der Waals surface area contributed by atoms with Gasteiger partial charge in [-0.05, 0) is 81.8 Å². The predicted molar refractivity (Wildman–Crippen MR) is 128 cm³/mol. The molecule has 5 heteroatoms. The van der Waals surface area contributed by atoms with Crippen LogP contribution in [-0.4, -0.2) is 55.3 Å². The Labute approximate surface area is 191 Å². The molecule has 1 aromatic rings. The van der Waals surface area contributed by atoms with Crippen LogP contribution in [0.3, 0.4) is 0 Å². The first-order valence-electron chi connectivity index (χ1n) is 12.0. The van der Waals surface area contributed by atoms with Crippen molar-refractivity contribution in [2.45, 2.75) is 64.3 Å². The first-order chi connectivity index (χ1) is 14.7. The Morgan fingerprint density at radius 3 is 2.60 bits per heavy atom. The second kappa shape index (κ2) is 11.0. The van der Waals surface area contributed by atoms with Crippen molar-refractivity contribution in [3.8, 4) is 5.75 Å². The van der Waals surface area contributed by atoms with Gasteiger partial charge >= 0.3 is 0 Å². The second-order valence-electron chi connectivity index (χ2n) is 9.24. The monoisotopic (exact) mass is 475 g/mol. The van der Waals surface area contributed by atoms with Crippen molar-refractivity contribution in [3.05, 3.63) is 40.0 Å². The molecule has 3 aliphatic rings. The molecule has 2 aliphatic heterocycles. The number of rotatable bonds is 7. The first-order valence-corrected chi connectivity index (χ1v) is 12.8. The Bertz CT molecular complexity index is 708. The van der Waals surface area contributed by atoms with Gasteiger partial charge in [0, 0.05) is 29.3 Å². The molecular weight excluding hydrogens is 438 g/mol. The van der Waals surface area contributed by atoms with Gasteiger partial charge in [0.15, 0.2) is 0 Å². The maximum atomic E-state index is 5.69. The third-order valence-corrected chi connectivity index (χ3v) is 7.88. The lowest BCUT2D eigenvalue weighted by Crippen LogP contribution is -2.47. The standard InChI is InChI=1S/C25H38BrN3O/c1-2-30-24-8-9-25(26)21(17-24)16-20-10-13-28(14-11-20)18-22-12-15-29(19-27-22)23-6-4-3-5-7-23/h8-9,12,17,20,23,27H,2-7,10-11,13-16,18-19H2,1H3. The molecule has 1 N–H and O–H groups in total. The van der Waals surface area contributed by atoms with Crippen molar-refractivity contribution < 1.29 is 4.74 Å². The van der Waals surface area contributed by atoms with Crippen LogP contribution >= 0.6 is 15.9 Å². The number of piperidine rings is 1. The highest BCUT2D eigenvalue weighted by molar-refractivity contribution is 9.10. The van der Waals surface area contributed by atoms with Crippen LogP contribution in [0.15, 0.2) is 34.4 Å². The minimum absolute atomic E-state index is 0.724. The molecule has 30 heavy (non-hydrogen) atoms. The molecule has 0 spiro atoms. The molecule has 2 fully saturated rings. The average molecular weight is 477 g/mol. The molecular formula is C25H38BrN3O. The Hall–Kier alpha value is -1.04. The fourth-order valence-electron chi connectivity index (χ4n) is 5.28. The van der Waals surface area contributed by atoms with Crippen LogP contribution in [0.2, 0.25) is 0 Å². The smallest absolute Gasteiger partial charge is 0.119 e. The summed E-state index contributed by atoms with van der Waals surface area (Å²) in [5.74, 6) is 1.76. The van der Waals surface area contributed by atoms with Crippen LogP contribution in [0.5, 0.6) is 5.75 Å². The number of benzene rings is 1. The largest absolute Gasteiger partial charge is 0.494 e. The zero-order chi connectivity index (χ0) is 20.8. The van der Waals surface area contributed by atoms with Gasteiger partial charge in [-0.1, -0.05) is 41.3 Å². The quantitative estimate of drug-likeness (QED) is 0.587. The molecule has 2 heterocycles. The number of likely N-dealkylation sites (tertiary alicyclic amines) is 1. The maximum Gasteiger partial charge on any atom is 0.119 e. The van der Waals surface area contributed by atoms with E-state index in [1.165, 1.54) is 73.8 Å². The molecule has 0 atom stereocenters. The number of nitrogens with one attached hydrogen (secondary N) is 1. The van der Waals surface area contributed by atoms with Crippen LogP contribution in [0.1, 0.15) is 57.4 Å².